The zero-order valence-corrected chi connectivity index (χ0v) is 18.5. The molecule has 0 amide bonds. The van der Waals surface area contributed by atoms with Crippen molar-refractivity contribution in [1.82, 2.24) is 4.57 Å². The standard InChI is InChI=1S/C24H18N4O6/c1-12(29)34-21-16-10-5-4-9-15(16)20-18(21)17(13-7-6-8-14(11-13)28(32)33)19-22(25-20)26(2)24(31)27(3)23(19)30/h4-11,17H,1-3H3/p+2. The van der Waals surface area contributed by atoms with Crippen LogP contribution in [0.2, 0.25) is 0 Å². The van der Waals surface area contributed by atoms with Gasteiger partial charge in [0.1, 0.15) is 5.76 Å². The highest BCUT2D eigenvalue weighted by Gasteiger charge is 2.50. The van der Waals surface area contributed by atoms with Crippen LogP contribution in [-0.2, 0) is 23.6 Å². The number of rotatable bonds is 3. The number of esters is 1. The van der Waals surface area contributed by atoms with Crippen molar-refractivity contribution in [3.05, 3.63) is 96.8 Å². The number of ether oxygens (including phenoxy) is 1. The van der Waals surface area contributed by atoms with Crippen LogP contribution in [0.4, 0.5) is 11.5 Å². The van der Waals surface area contributed by atoms with Gasteiger partial charge in [-0.25, -0.2) is 4.57 Å². The molecular formula is C24H20N4O6+2. The van der Waals surface area contributed by atoms with Gasteiger partial charge in [0, 0.05) is 31.7 Å². The van der Waals surface area contributed by atoms with Gasteiger partial charge in [-0.1, -0.05) is 34.9 Å². The Morgan fingerprint density at radius 3 is 2.59 bits per heavy atom. The first-order chi connectivity index (χ1) is 16.2. The molecule has 0 radical (unpaired) electrons. The van der Waals surface area contributed by atoms with Crippen LogP contribution in [0.5, 0.6) is 6.01 Å². The van der Waals surface area contributed by atoms with Crippen LogP contribution < -0.4 is 15.1 Å². The fraction of sp³-hybridized carbons (Fsp3) is 0.167. The molecule has 0 bridgehead atoms. The van der Waals surface area contributed by atoms with Crippen molar-refractivity contribution in [1.29, 1.82) is 0 Å². The summed E-state index contributed by atoms with van der Waals surface area (Å²) in [7, 11) is 3.04. The maximum atomic E-state index is 13.5. The first-order valence-electron chi connectivity index (χ1n) is 10.4. The van der Waals surface area contributed by atoms with E-state index in [-0.39, 0.29) is 23.0 Å². The lowest BCUT2D eigenvalue weighted by molar-refractivity contribution is -0.723. The van der Waals surface area contributed by atoms with E-state index in [0.717, 1.165) is 10.1 Å². The molecule has 1 atom stereocenters. The Bertz CT molecular complexity index is 1550. The Balaban J connectivity index is 1.94. The third-order valence-electron chi connectivity index (χ3n) is 6.16. The molecule has 2 N–H and O–H groups in total. The van der Waals surface area contributed by atoms with Crippen LogP contribution >= 0.6 is 0 Å². The van der Waals surface area contributed by atoms with Gasteiger partial charge >= 0.3 is 17.8 Å². The van der Waals surface area contributed by atoms with Crippen LogP contribution in [0.1, 0.15) is 35.1 Å². The van der Waals surface area contributed by atoms with E-state index in [1.165, 1.54) is 30.7 Å². The van der Waals surface area contributed by atoms with Crippen LogP contribution in [0.15, 0.2) is 58.9 Å². The zero-order chi connectivity index (χ0) is 24.3. The van der Waals surface area contributed by atoms with E-state index in [2.05, 4.69) is 4.99 Å². The Hall–Kier alpha value is -4.60. The van der Waals surface area contributed by atoms with Gasteiger partial charge in [-0.2, -0.15) is 0 Å². The predicted octanol–water partition coefficient (Wildman–Crippen LogP) is 0.458. The number of non-ortho nitro benzene ring substituents is 1. The summed E-state index contributed by atoms with van der Waals surface area (Å²) in [6.45, 7) is 1.29. The quantitative estimate of drug-likeness (QED) is 0.253. The second kappa shape index (κ2) is 7.48. The predicted molar refractivity (Wildman–Crippen MR) is 119 cm³/mol. The van der Waals surface area contributed by atoms with E-state index in [4.69, 9.17) is 4.74 Å². The summed E-state index contributed by atoms with van der Waals surface area (Å²) in [5.41, 5.74) is 2.64. The maximum Gasteiger partial charge on any atom is 0.462 e. The van der Waals surface area contributed by atoms with Gasteiger partial charge in [-0.3, -0.25) is 19.7 Å². The number of nitro groups is 1. The first kappa shape index (κ1) is 21.3. The summed E-state index contributed by atoms with van der Waals surface area (Å²) in [6.07, 6.45) is 0. The van der Waals surface area contributed by atoms with Gasteiger partial charge in [-0.15, -0.1) is 4.99 Å². The van der Waals surface area contributed by atoms with Gasteiger partial charge in [-0.05, 0) is 11.6 Å². The number of fused-ring (bicyclic) bond motifs is 4. The highest BCUT2D eigenvalue weighted by atomic mass is 16.6. The van der Waals surface area contributed by atoms with Crippen molar-refractivity contribution in [3.63, 3.8) is 0 Å². The molecule has 1 aromatic heterocycles. The Morgan fingerprint density at radius 2 is 1.91 bits per heavy atom. The normalized spacial score (nSPS) is 15.9. The first-order valence-corrected chi connectivity index (χ1v) is 10.4. The van der Waals surface area contributed by atoms with Crippen molar-refractivity contribution in [3.8, 4) is 6.01 Å². The second-order valence-corrected chi connectivity index (χ2v) is 8.15. The minimum absolute atomic E-state index is 0.135. The van der Waals surface area contributed by atoms with Gasteiger partial charge in [0.25, 0.3) is 11.2 Å². The van der Waals surface area contributed by atoms with Crippen molar-refractivity contribution in [2.45, 2.75) is 12.8 Å². The zero-order valence-electron chi connectivity index (χ0n) is 18.5. The molecule has 3 aromatic rings. The third kappa shape index (κ3) is 2.95. The molecule has 2 aromatic carbocycles. The highest BCUT2D eigenvalue weighted by molar-refractivity contribution is 6.22. The lowest BCUT2D eigenvalue weighted by atomic mass is 9.81. The summed E-state index contributed by atoms with van der Waals surface area (Å²) in [5, 5.41) is 22.1. The molecule has 10 nitrogen and oxygen atoms in total. The SMILES string of the molecule is CC(=O)OC1=C2C(=[NH+]c3c(c(=O)n(C)c(O)[n+]3C)C2c2cccc([N+](=O)[O-])c2)c2ccccc21. The smallest absolute Gasteiger partial charge is 0.445 e. The van der Waals surface area contributed by atoms with E-state index in [1.54, 1.807) is 31.3 Å². The number of nitrogens with zero attached hydrogens (tertiary/aromatic N) is 3. The Kier molecular flexibility index (Phi) is 4.67. The topological polar surface area (TPSA) is 130 Å². The van der Waals surface area contributed by atoms with Crippen molar-refractivity contribution >= 4 is 28.9 Å². The van der Waals surface area contributed by atoms with E-state index < -0.39 is 22.4 Å². The number of benzene rings is 2. The van der Waals surface area contributed by atoms with Crippen LogP contribution in [0, 0.1) is 10.1 Å². The molecule has 0 saturated carbocycles. The fourth-order valence-corrected chi connectivity index (χ4v) is 4.67. The van der Waals surface area contributed by atoms with E-state index in [0.29, 0.717) is 28.2 Å². The van der Waals surface area contributed by atoms with Gasteiger partial charge in [0.15, 0.2) is 12.6 Å². The largest absolute Gasteiger partial charge is 0.462 e. The Morgan fingerprint density at radius 1 is 1.21 bits per heavy atom. The molecular weight excluding hydrogens is 440 g/mol. The number of aromatic hydroxyl groups is 1. The van der Waals surface area contributed by atoms with Crippen molar-refractivity contribution in [2.24, 2.45) is 14.1 Å². The summed E-state index contributed by atoms with van der Waals surface area (Å²) in [5.74, 6) is -0.718. The Labute approximate surface area is 192 Å². The highest BCUT2D eigenvalue weighted by Crippen LogP contribution is 2.45. The molecule has 34 heavy (non-hydrogen) atoms. The molecule has 1 aliphatic carbocycles. The number of carbonyl (C=O) groups excluding carboxylic acids is 1. The van der Waals surface area contributed by atoms with Gasteiger partial charge in [0.2, 0.25) is 5.71 Å². The summed E-state index contributed by atoms with van der Waals surface area (Å²) in [6, 6.07) is 13.0. The fourth-order valence-electron chi connectivity index (χ4n) is 4.67. The molecule has 0 spiro atoms. The van der Waals surface area contributed by atoms with Gasteiger partial charge < -0.3 is 9.84 Å². The van der Waals surface area contributed by atoms with Crippen LogP contribution in [0.3, 0.4) is 0 Å². The maximum absolute atomic E-state index is 13.5. The lowest BCUT2D eigenvalue weighted by Crippen LogP contribution is -2.75. The molecule has 10 heteroatoms. The minimum Gasteiger partial charge on any atom is -0.445 e. The molecule has 2 heterocycles. The second-order valence-electron chi connectivity index (χ2n) is 8.15. The average Bonchev–Trinajstić information content (AvgIpc) is 3.13. The van der Waals surface area contributed by atoms with E-state index in [1.807, 2.05) is 12.1 Å². The lowest BCUT2D eigenvalue weighted by Gasteiger charge is -2.21. The number of allylic oxidation sites excluding steroid dienone is 1. The number of nitrogens with one attached hydrogen (secondary N) is 1. The number of nitro benzene ring substituents is 1. The van der Waals surface area contributed by atoms with Gasteiger partial charge in [0.05, 0.1) is 22.0 Å². The number of carbonyl (C=O) groups is 1. The third-order valence-corrected chi connectivity index (χ3v) is 6.16. The minimum atomic E-state index is -0.807. The number of hydrogen-bond donors (Lipinski definition) is 2. The summed E-state index contributed by atoms with van der Waals surface area (Å²) < 4.78 is 8.20. The molecule has 1 unspecified atom stereocenters. The van der Waals surface area contributed by atoms with Crippen molar-refractivity contribution in [2.75, 3.05) is 0 Å². The molecule has 2 aliphatic rings. The molecule has 5 rings (SSSR count). The van der Waals surface area contributed by atoms with Crippen molar-refractivity contribution < 1.29 is 29.1 Å². The van der Waals surface area contributed by atoms with E-state index >= 15 is 0 Å². The number of aromatic nitrogens is 2. The van der Waals surface area contributed by atoms with E-state index in [9.17, 15) is 24.8 Å². The average molecular weight is 460 g/mol. The number of hydrogen-bond acceptors (Lipinski definition) is 6. The van der Waals surface area contributed by atoms with Crippen LogP contribution in [0.25, 0.3) is 5.76 Å². The molecule has 0 fully saturated rings. The van der Waals surface area contributed by atoms with Crippen LogP contribution in [-0.4, -0.2) is 26.3 Å². The molecule has 0 saturated heterocycles. The monoisotopic (exact) mass is 460 g/mol. The summed E-state index contributed by atoms with van der Waals surface area (Å²) in [4.78, 5) is 39.8. The molecule has 1 aliphatic heterocycles. The molecule has 170 valence electrons. The summed E-state index contributed by atoms with van der Waals surface area (Å²) >= 11 is 0.